The molecule has 1 aromatic rings. The Morgan fingerprint density at radius 2 is 2.00 bits per heavy atom. The Bertz CT molecular complexity index is 525. The van der Waals surface area contributed by atoms with E-state index in [1.165, 1.54) is 6.26 Å². The van der Waals surface area contributed by atoms with Gasteiger partial charge in [-0.25, -0.2) is 13.1 Å². The zero-order valence-corrected chi connectivity index (χ0v) is 16.2. The molecule has 9 heteroatoms. The minimum absolute atomic E-state index is 0. The highest BCUT2D eigenvalue weighted by Crippen LogP contribution is 2.22. The minimum Gasteiger partial charge on any atom is -0.301 e. The molecule has 1 saturated heterocycles. The number of aromatic nitrogens is 2. The van der Waals surface area contributed by atoms with E-state index in [1.807, 2.05) is 16.9 Å². The second kappa shape index (κ2) is 10.5. The lowest BCUT2D eigenvalue weighted by Gasteiger charge is -2.17. The Hall–Kier alpha value is -0.340. The molecule has 2 heterocycles. The average Bonchev–Trinajstić information content (AvgIpc) is 2.99. The summed E-state index contributed by atoms with van der Waals surface area (Å²) in [5.74, 6) is 0.425. The first-order chi connectivity index (χ1) is 9.98. The van der Waals surface area contributed by atoms with E-state index in [-0.39, 0.29) is 30.9 Å². The van der Waals surface area contributed by atoms with Gasteiger partial charge in [-0.2, -0.15) is 5.10 Å². The number of nitrogens with one attached hydrogen (secondary N) is 1. The van der Waals surface area contributed by atoms with Gasteiger partial charge in [0.15, 0.2) is 0 Å². The fourth-order valence-electron chi connectivity index (χ4n) is 3.10. The van der Waals surface area contributed by atoms with Crippen LogP contribution < -0.4 is 4.72 Å². The Morgan fingerprint density at radius 1 is 1.26 bits per heavy atom. The molecule has 1 aliphatic heterocycles. The summed E-state index contributed by atoms with van der Waals surface area (Å²) in [4.78, 5) is 2.37. The Balaban J connectivity index is 0.00000242. The van der Waals surface area contributed by atoms with Gasteiger partial charge >= 0.3 is 0 Å². The van der Waals surface area contributed by atoms with E-state index in [4.69, 9.17) is 0 Å². The van der Waals surface area contributed by atoms with Crippen LogP contribution in [0.2, 0.25) is 0 Å². The van der Waals surface area contributed by atoms with Crippen LogP contribution in [-0.2, 0) is 16.6 Å². The van der Waals surface area contributed by atoms with Crippen molar-refractivity contribution in [2.75, 3.05) is 25.9 Å². The summed E-state index contributed by atoms with van der Waals surface area (Å²) >= 11 is 0. The van der Waals surface area contributed by atoms with Crippen molar-refractivity contribution < 1.29 is 8.42 Å². The number of likely N-dealkylation sites (tertiary alicyclic amines) is 1. The van der Waals surface area contributed by atoms with Gasteiger partial charge in [-0.1, -0.05) is 13.3 Å². The van der Waals surface area contributed by atoms with Crippen LogP contribution in [0.3, 0.4) is 0 Å². The lowest BCUT2D eigenvalue weighted by molar-refractivity contribution is 0.306. The highest BCUT2D eigenvalue weighted by Gasteiger charge is 2.33. The van der Waals surface area contributed by atoms with Gasteiger partial charge < -0.3 is 4.90 Å². The average molecular weight is 387 g/mol. The normalized spacial score (nSPS) is 21.7. The topological polar surface area (TPSA) is 67.2 Å². The molecule has 0 radical (unpaired) electrons. The molecule has 2 rings (SSSR count). The maximum Gasteiger partial charge on any atom is 0.209 e. The highest BCUT2D eigenvalue weighted by molar-refractivity contribution is 7.88. The Labute approximate surface area is 151 Å². The molecule has 1 N–H and O–H groups in total. The summed E-state index contributed by atoms with van der Waals surface area (Å²) in [5.41, 5.74) is 0. The number of rotatable bonds is 8. The maximum absolute atomic E-state index is 11.5. The van der Waals surface area contributed by atoms with Gasteiger partial charge in [-0.05, 0) is 31.4 Å². The molecule has 2 atom stereocenters. The van der Waals surface area contributed by atoms with Crippen molar-refractivity contribution in [3.63, 3.8) is 0 Å². The zero-order chi connectivity index (χ0) is 15.3. The molecule has 1 fully saturated rings. The SMILES string of the molecule is CCC[C@H]1CN(CCCn2cccn2)C[C@@H]1NS(C)(=O)=O.Cl.Cl. The van der Waals surface area contributed by atoms with Crippen molar-refractivity contribution >= 4 is 34.8 Å². The molecule has 0 spiro atoms. The molecule has 0 amide bonds. The first-order valence-corrected chi connectivity index (χ1v) is 9.54. The third-order valence-electron chi connectivity index (χ3n) is 3.96. The highest BCUT2D eigenvalue weighted by atomic mass is 35.5. The van der Waals surface area contributed by atoms with Gasteiger partial charge in [0.25, 0.3) is 0 Å². The van der Waals surface area contributed by atoms with E-state index >= 15 is 0 Å². The van der Waals surface area contributed by atoms with E-state index in [0.29, 0.717) is 5.92 Å². The molecule has 6 nitrogen and oxygen atoms in total. The molecule has 23 heavy (non-hydrogen) atoms. The van der Waals surface area contributed by atoms with E-state index in [2.05, 4.69) is 21.6 Å². The smallest absolute Gasteiger partial charge is 0.209 e. The molecule has 1 aromatic heterocycles. The first kappa shape index (κ1) is 22.7. The number of nitrogens with zero attached hydrogens (tertiary/aromatic N) is 3. The standard InChI is InChI=1S/C14H26N4O2S.2ClH/c1-3-6-13-11-17(12-14(13)16-21(2,19)20)8-5-10-18-9-4-7-15-18;;/h4,7,9,13-14,16H,3,5-6,8,10-12H2,1-2H3;2*1H/t13-,14-;;/m0../s1. The monoisotopic (exact) mass is 386 g/mol. The zero-order valence-electron chi connectivity index (χ0n) is 13.7. The largest absolute Gasteiger partial charge is 0.301 e. The number of aryl methyl sites for hydroxylation is 1. The Morgan fingerprint density at radius 3 is 2.57 bits per heavy atom. The Kier molecular flexibility index (Phi) is 10.4. The van der Waals surface area contributed by atoms with Gasteiger partial charge in [0, 0.05) is 38.1 Å². The molecule has 0 saturated carbocycles. The van der Waals surface area contributed by atoms with Crippen LogP contribution in [0.4, 0.5) is 0 Å². The fourth-order valence-corrected chi connectivity index (χ4v) is 3.92. The predicted octanol–water partition coefficient (Wildman–Crippen LogP) is 1.77. The fraction of sp³-hybridized carbons (Fsp3) is 0.786. The van der Waals surface area contributed by atoms with Crippen molar-refractivity contribution in [1.82, 2.24) is 19.4 Å². The summed E-state index contributed by atoms with van der Waals surface area (Å²) in [7, 11) is -3.13. The van der Waals surface area contributed by atoms with E-state index in [9.17, 15) is 8.42 Å². The number of hydrogen-bond donors (Lipinski definition) is 1. The van der Waals surface area contributed by atoms with Crippen LogP contribution in [0.25, 0.3) is 0 Å². The quantitative estimate of drug-likeness (QED) is 0.738. The molecular formula is C14H28Cl2N4O2S. The van der Waals surface area contributed by atoms with Gasteiger partial charge in [0.1, 0.15) is 0 Å². The van der Waals surface area contributed by atoms with E-state index < -0.39 is 10.0 Å². The van der Waals surface area contributed by atoms with Crippen LogP contribution in [0.15, 0.2) is 18.5 Å². The molecule has 0 unspecified atom stereocenters. The van der Waals surface area contributed by atoms with Crippen molar-refractivity contribution in [1.29, 1.82) is 0 Å². The summed E-state index contributed by atoms with van der Waals surface area (Å²) in [6, 6.07) is 1.99. The van der Waals surface area contributed by atoms with Gasteiger partial charge in [0.05, 0.1) is 6.26 Å². The van der Waals surface area contributed by atoms with Gasteiger partial charge in [0.2, 0.25) is 10.0 Å². The molecule has 136 valence electrons. The van der Waals surface area contributed by atoms with Crippen molar-refractivity contribution in [3.8, 4) is 0 Å². The van der Waals surface area contributed by atoms with Gasteiger partial charge in [-0.15, -0.1) is 24.8 Å². The van der Waals surface area contributed by atoms with Gasteiger partial charge in [-0.3, -0.25) is 4.68 Å². The number of hydrogen-bond acceptors (Lipinski definition) is 4. The summed E-state index contributed by atoms with van der Waals surface area (Å²) in [6.45, 7) is 5.85. The molecular weight excluding hydrogens is 359 g/mol. The van der Waals surface area contributed by atoms with E-state index in [1.54, 1.807) is 6.20 Å². The van der Waals surface area contributed by atoms with Crippen molar-refractivity contribution in [2.24, 2.45) is 5.92 Å². The summed E-state index contributed by atoms with van der Waals surface area (Å²) < 4.78 is 27.7. The third-order valence-corrected chi connectivity index (χ3v) is 4.69. The van der Waals surface area contributed by atoms with Crippen LogP contribution in [0.1, 0.15) is 26.2 Å². The number of halogens is 2. The lowest BCUT2D eigenvalue weighted by atomic mass is 9.99. The molecule has 0 aromatic carbocycles. The number of sulfonamides is 1. The molecule has 0 bridgehead atoms. The minimum atomic E-state index is -3.13. The predicted molar refractivity (Wildman–Crippen MR) is 97.9 cm³/mol. The van der Waals surface area contributed by atoms with Crippen molar-refractivity contribution in [3.05, 3.63) is 18.5 Å². The second-order valence-corrected chi connectivity index (χ2v) is 7.71. The van der Waals surface area contributed by atoms with Crippen LogP contribution in [0, 0.1) is 5.92 Å². The lowest BCUT2D eigenvalue weighted by Crippen LogP contribution is -2.40. The maximum atomic E-state index is 11.5. The van der Waals surface area contributed by atoms with E-state index in [0.717, 1.165) is 45.4 Å². The molecule has 0 aliphatic carbocycles. The summed E-state index contributed by atoms with van der Waals surface area (Å²) in [6.07, 6.45) is 8.20. The summed E-state index contributed by atoms with van der Waals surface area (Å²) in [5, 5.41) is 4.19. The first-order valence-electron chi connectivity index (χ1n) is 7.65. The third kappa shape index (κ3) is 7.85. The van der Waals surface area contributed by atoms with Crippen LogP contribution in [-0.4, -0.2) is 55.0 Å². The second-order valence-electron chi connectivity index (χ2n) is 5.93. The van der Waals surface area contributed by atoms with Crippen molar-refractivity contribution in [2.45, 2.75) is 38.8 Å². The van der Waals surface area contributed by atoms with Crippen LogP contribution >= 0.6 is 24.8 Å². The molecule has 1 aliphatic rings. The van der Waals surface area contributed by atoms with Crippen LogP contribution in [0.5, 0.6) is 0 Å².